The molecular weight excluding hydrogens is 188 g/mol. The van der Waals surface area contributed by atoms with Crippen LogP contribution in [0.1, 0.15) is 32.1 Å². The van der Waals surface area contributed by atoms with Crippen molar-refractivity contribution in [2.45, 2.75) is 32.1 Å². The molecule has 0 aliphatic heterocycles. The highest BCUT2D eigenvalue weighted by Gasteiger charge is 2.06. The summed E-state index contributed by atoms with van der Waals surface area (Å²) in [7, 11) is 0. The van der Waals surface area contributed by atoms with E-state index in [9.17, 15) is 0 Å². The van der Waals surface area contributed by atoms with Crippen LogP contribution in [0.4, 0.5) is 0 Å². The second-order valence-corrected chi connectivity index (χ2v) is 3.65. The van der Waals surface area contributed by atoms with Crippen molar-refractivity contribution in [3.8, 4) is 0 Å². The van der Waals surface area contributed by atoms with Crippen LogP contribution < -0.4 is 0 Å². The largest absolute Gasteiger partial charge is 0.0925 e. The lowest BCUT2D eigenvalue weighted by Crippen LogP contribution is -2.02. The SMILES string of the molecule is BrCC1CCC=CCCC1. The van der Waals surface area contributed by atoms with E-state index in [0.29, 0.717) is 0 Å². The zero-order valence-electron chi connectivity index (χ0n) is 6.35. The number of alkyl halides is 1. The molecule has 58 valence electrons. The van der Waals surface area contributed by atoms with Crippen molar-refractivity contribution in [2.24, 2.45) is 5.92 Å². The molecule has 0 nitrogen and oxygen atoms in total. The van der Waals surface area contributed by atoms with Crippen LogP contribution in [0.5, 0.6) is 0 Å². The molecule has 1 unspecified atom stereocenters. The average molecular weight is 203 g/mol. The van der Waals surface area contributed by atoms with E-state index in [4.69, 9.17) is 0 Å². The second kappa shape index (κ2) is 4.95. The van der Waals surface area contributed by atoms with Crippen molar-refractivity contribution in [1.82, 2.24) is 0 Å². The van der Waals surface area contributed by atoms with Gasteiger partial charge in [0.25, 0.3) is 0 Å². The summed E-state index contributed by atoms with van der Waals surface area (Å²) >= 11 is 3.55. The van der Waals surface area contributed by atoms with Crippen molar-refractivity contribution in [3.05, 3.63) is 12.2 Å². The van der Waals surface area contributed by atoms with Gasteiger partial charge in [-0.05, 0) is 38.0 Å². The van der Waals surface area contributed by atoms with Crippen molar-refractivity contribution in [2.75, 3.05) is 5.33 Å². The van der Waals surface area contributed by atoms with Gasteiger partial charge in [0.05, 0.1) is 0 Å². The van der Waals surface area contributed by atoms with Crippen LogP contribution in [0.2, 0.25) is 0 Å². The Labute approximate surface area is 71.8 Å². The van der Waals surface area contributed by atoms with Gasteiger partial charge in [0.2, 0.25) is 0 Å². The predicted octanol–water partition coefficient (Wildman–Crippen LogP) is 3.52. The lowest BCUT2D eigenvalue weighted by molar-refractivity contribution is 0.484. The molecule has 1 atom stereocenters. The standard InChI is InChI=1S/C9H15Br/c10-8-9-6-4-2-1-3-5-7-9/h1-2,9H,3-8H2. The first-order chi connectivity index (χ1) is 4.93. The minimum absolute atomic E-state index is 0.935. The highest BCUT2D eigenvalue weighted by Crippen LogP contribution is 2.19. The van der Waals surface area contributed by atoms with Crippen LogP contribution in [0.25, 0.3) is 0 Å². The van der Waals surface area contributed by atoms with Crippen molar-refractivity contribution in [1.29, 1.82) is 0 Å². The first-order valence-corrected chi connectivity index (χ1v) is 5.26. The summed E-state index contributed by atoms with van der Waals surface area (Å²) in [6, 6.07) is 0. The second-order valence-electron chi connectivity index (χ2n) is 3.00. The van der Waals surface area contributed by atoms with Crippen molar-refractivity contribution < 1.29 is 0 Å². The third-order valence-electron chi connectivity index (χ3n) is 2.11. The van der Waals surface area contributed by atoms with Crippen molar-refractivity contribution in [3.63, 3.8) is 0 Å². The first kappa shape index (κ1) is 8.32. The Kier molecular flexibility index (Phi) is 4.12. The summed E-state index contributed by atoms with van der Waals surface area (Å²) in [5, 5.41) is 1.20. The third-order valence-corrected chi connectivity index (χ3v) is 3.03. The Bertz CT molecular complexity index is 107. The van der Waals surface area contributed by atoms with E-state index in [-0.39, 0.29) is 0 Å². The number of hydrogen-bond donors (Lipinski definition) is 0. The van der Waals surface area contributed by atoms with Gasteiger partial charge in [0, 0.05) is 5.33 Å². The lowest BCUT2D eigenvalue weighted by Gasteiger charge is -2.13. The van der Waals surface area contributed by atoms with E-state index in [1.807, 2.05) is 0 Å². The summed E-state index contributed by atoms with van der Waals surface area (Å²) in [5.74, 6) is 0.935. The summed E-state index contributed by atoms with van der Waals surface area (Å²) in [5.41, 5.74) is 0. The van der Waals surface area contributed by atoms with E-state index < -0.39 is 0 Å². The molecule has 0 bridgehead atoms. The molecule has 0 spiro atoms. The Morgan fingerprint density at radius 3 is 2.80 bits per heavy atom. The van der Waals surface area contributed by atoms with Crippen LogP contribution >= 0.6 is 15.9 Å². The van der Waals surface area contributed by atoms with Gasteiger partial charge < -0.3 is 0 Å². The third kappa shape index (κ3) is 2.87. The van der Waals surface area contributed by atoms with Crippen LogP contribution in [0.3, 0.4) is 0 Å². The topological polar surface area (TPSA) is 0 Å². The fourth-order valence-corrected chi connectivity index (χ4v) is 2.04. The molecule has 0 fully saturated rings. The van der Waals surface area contributed by atoms with Gasteiger partial charge in [-0.2, -0.15) is 0 Å². The molecule has 0 amide bonds. The molecular formula is C9H15Br. The molecule has 1 aliphatic rings. The summed E-state index contributed by atoms with van der Waals surface area (Å²) < 4.78 is 0. The Hall–Kier alpha value is 0.220. The van der Waals surface area contributed by atoms with Gasteiger partial charge in [0.15, 0.2) is 0 Å². The molecule has 0 radical (unpaired) electrons. The quantitative estimate of drug-likeness (QED) is 0.451. The van der Waals surface area contributed by atoms with Crippen LogP contribution in [-0.2, 0) is 0 Å². The van der Waals surface area contributed by atoms with E-state index in [2.05, 4.69) is 28.1 Å². The molecule has 0 aromatic heterocycles. The van der Waals surface area contributed by atoms with Crippen LogP contribution in [0, 0.1) is 5.92 Å². The highest BCUT2D eigenvalue weighted by molar-refractivity contribution is 9.09. The maximum atomic E-state index is 3.55. The molecule has 0 heterocycles. The normalized spacial score (nSPS) is 27.5. The Morgan fingerprint density at radius 2 is 2.00 bits per heavy atom. The maximum Gasteiger partial charge on any atom is 0.00597 e. The summed E-state index contributed by atoms with van der Waals surface area (Å²) in [4.78, 5) is 0. The molecule has 0 saturated carbocycles. The van der Waals surface area contributed by atoms with E-state index >= 15 is 0 Å². The number of allylic oxidation sites excluding steroid dienone is 2. The van der Waals surface area contributed by atoms with Gasteiger partial charge in [-0.25, -0.2) is 0 Å². The predicted molar refractivity (Wildman–Crippen MR) is 49.5 cm³/mol. The number of hydrogen-bond acceptors (Lipinski definition) is 0. The number of halogens is 1. The van der Waals surface area contributed by atoms with E-state index in [0.717, 1.165) is 5.92 Å². The maximum absolute atomic E-state index is 3.55. The molecule has 1 heteroatoms. The fraction of sp³-hybridized carbons (Fsp3) is 0.778. The van der Waals surface area contributed by atoms with Gasteiger partial charge in [0.1, 0.15) is 0 Å². The van der Waals surface area contributed by atoms with Crippen LogP contribution in [-0.4, -0.2) is 5.33 Å². The molecule has 1 rings (SSSR count). The van der Waals surface area contributed by atoms with E-state index in [1.54, 1.807) is 0 Å². The lowest BCUT2D eigenvalue weighted by atomic mass is 9.96. The zero-order chi connectivity index (χ0) is 7.23. The van der Waals surface area contributed by atoms with Crippen molar-refractivity contribution >= 4 is 15.9 Å². The zero-order valence-corrected chi connectivity index (χ0v) is 7.94. The molecule has 10 heavy (non-hydrogen) atoms. The molecule has 1 aliphatic carbocycles. The summed E-state index contributed by atoms with van der Waals surface area (Å²) in [6.07, 6.45) is 11.4. The highest BCUT2D eigenvalue weighted by atomic mass is 79.9. The Morgan fingerprint density at radius 1 is 1.20 bits per heavy atom. The average Bonchev–Trinajstić information content (AvgIpc) is 1.87. The van der Waals surface area contributed by atoms with Crippen LogP contribution in [0.15, 0.2) is 12.2 Å². The van der Waals surface area contributed by atoms with Gasteiger partial charge in [-0.1, -0.05) is 28.1 Å². The minimum Gasteiger partial charge on any atom is -0.0925 e. The summed E-state index contributed by atoms with van der Waals surface area (Å²) in [6.45, 7) is 0. The minimum atomic E-state index is 0.935. The molecule has 0 aromatic carbocycles. The van der Waals surface area contributed by atoms with Gasteiger partial charge >= 0.3 is 0 Å². The molecule has 0 N–H and O–H groups in total. The first-order valence-electron chi connectivity index (χ1n) is 4.14. The number of rotatable bonds is 1. The van der Waals surface area contributed by atoms with Gasteiger partial charge in [-0.15, -0.1) is 0 Å². The van der Waals surface area contributed by atoms with E-state index in [1.165, 1.54) is 37.4 Å². The van der Waals surface area contributed by atoms with Gasteiger partial charge in [-0.3, -0.25) is 0 Å². The molecule has 0 aromatic rings. The fourth-order valence-electron chi connectivity index (χ4n) is 1.39. The smallest absolute Gasteiger partial charge is 0.00597 e. The molecule has 0 saturated heterocycles. The Balaban J connectivity index is 2.27. The monoisotopic (exact) mass is 202 g/mol.